The van der Waals surface area contributed by atoms with Crippen LogP contribution >= 0.6 is 0 Å². The van der Waals surface area contributed by atoms with E-state index in [0.29, 0.717) is 0 Å². The first-order valence-corrected chi connectivity index (χ1v) is 5.90. The fourth-order valence-corrected chi connectivity index (χ4v) is 2.08. The fourth-order valence-electron chi connectivity index (χ4n) is 0.893. The van der Waals surface area contributed by atoms with Gasteiger partial charge in [0.1, 0.15) is 4.90 Å². The summed E-state index contributed by atoms with van der Waals surface area (Å²) in [6.07, 6.45) is 2.65. The molecule has 15 heavy (non-hydrogen) atoms. The van der Waals surface area contributed by atoms with Crippen LogP contribution in [0.5, 0.6) is 0 Å². The number of nitrogens with zero attached hydrogens (tertiary/aromatic N) is 2. The van der Waals surface area contributed by atoms with Crippen molar-refractivity contribution in [1.29, 1.82) is 0 Å². The van der Waals surface area contributed by atoms with Gasteiger partial charge in [-0.3, -0.25) is 4.68 Å². The molecule has 0 amide bonds. The highest BCUT2D eigenvalue weighted by Gasteiger charge is 2.20. The zero-order valence-corrected chi connectivity index (χ0v) is 9.74. The van der Waals surface area contributed by atoms with Crippen LogP contribution in [0.4, 0.5) is 0 Å². The van der Waals surface area contributed by atoms with Gasteiger partial charge in [0.05, 0.1) is 11.8 Å². The zero-order valence-electron chi connectivity index (χ0n) is 8.93. The number of nitrogens with one attached hydrogen (secondary N) is 1. The predicted octanol–water partition coefficient (Wildman–Crippen LogP) is -0.531. The van der Waals surface area contributed by atoms with E-state index < -0.39 is 15.6 Å². The molecule has 1 aromatic rings. The van der Waals surface area contributed by atoms with Crippen LogP contribution in [0.15, 0.2) is 17.3 Å². The molecule has 1 heterocycles. The van der Waals surface area contributed by atoms with Crippen LogP contribution in [0, 0.1) is 0 Å². The number of aromatic nitrogens is 2. The molecule has 0 radical (unpaired) electrons. The second kappa shape index (κ2) is 3.92. The minimum absolute atomic E-state index is 0.0375. The number of aliphatic hydroxyl groups is 1. The van der Waals surface area contributed by atoms with Crippen molar-refractivity contribution in [3.05, 3.63) is 12.4 Å². The molecule has 0 spiro atoms. The SMILES string of the molecule is Cn1cc(S(=O)(=O)NCC(C)(C)O)cn1. The maximum absolute atomic E-state index is 11.6. The van der Waals surface area contributed by atoms with Crippen LogP contribution < -0.4 is 4.72 Å². The van der Waals surface area contributed by atoms with Crippen LogP contribution in [-0.4, -0.2) is 35.5 Å². The van der Waals surface area contributed by atoms with E-state index >= 15 is 0 Å². The standard InChI is InChI=1S/C8H15N3O3S/c1-8(2,12)6-10-15(13,14)7-4-9-11(3)5-7/h4-5,10,12H,6H2,1-3H3. The van der Waals surface area contributed by atoms with Crippen molar-refractivity contribution < 1.29 is 13.5 Å². The number of rotatable bonds is 4. The number of hydrogen-bond acceptors (Lipinski definition) is 4. The third-order valence-corrected chi connectivity index (χ3v) is 3.04. The number of aryl methyl sites for hydroxylation is 1. The highest BCUT2D eigenvalue weighted by Crippen LogP contribution is 2.07. The van der Waals surface area contributed by atoms with Gasteiger partial charge in [0.2, 0.25) is 10.0 Å². The summed E-state index contributed by atoms with van der Waals surface area (Å²) in [5.41, 5.74) is -1.07. The summed E-state index contributed by atoms with van der Waals surface area (Å²) in [5, 5.41) is 13.1. The minimum atomic E-state index is -3.57. The molecule has 0 atom stereocenters. The summed E-state index contributed by atoms with van der Waals surface area (Å²) < 4.78 is 26.9. The van der Waals surface area contributed by atoms with E-state index in [4.69, 9.17) is 0 Å². The van der Waals surface area contributed by atoms with Crippen molar-refractivity contribution in [3.63, 3.8) is 0 Å². The average Bonchev–Trinajstić information content (AvgIpc) is 2.48. The molecule has 0 fully saturated rings. The van der Waals surface area contributed by atoms with Gasteiger partial charge in [-0.05, 0) is 13.8 Å². The van der Waals surface area contributed by atoms with Crippen LogP contribution in [0.2, 0.25) is 0 Å². The molecule has 0 aromatic carbocycles. The monoisotopic (exact) mass is 233 g/mol. The van der Waals surface area contributed by atoms with Gasteiger partial charge in [-0.15, -0.1) is 0 Å². The number of hydrogen-bond donors (Lipinski definition) is 2. The van der Waals surface area contributed by atoms with Crippen molar-refractivity contribution in [1.82, 2.24) is 14.5 Å². The highest BCUT2D eigenvalue weighted by molar-refractivity contribution is 7.89. The second-order valence-corrected chi connectivity index (χ2v) is 5.75. The van der Waals surface area contributed by atoms with E-state index in [1.165, 1.54) is 30.9 Å². The van der Waals surface area contributed by atoms with E-state index in [1.54, 1.807) is 7.05 Å². The molecule has 6 nitrogen and oxygen atoms in total. The minimum Gasteiger partial charge on any atom is -0.389 e. The Bertz CT molecular complexity index is 430. The third kappa shape index (κ3) is 3.61. The highest BCUT2D eigenvalue weighted by atomic mass is 32.2. The molecule has 0 aliphatic rings. The van der Waals surface area contributed by atoms with Crippen molar-refractivity contribution in [2.45, 2.75) is 24.3 Å². The van der Waals surface area contributed by atoms with Gasteiger partial charge in [-0.2, -0.15) is 5.10 Å². The first kappa shape index (κ1) is 12.2. The molecular formula is C8H15N3O3S. The lowest BCUT2D eigenvalue weighted by Gasteiger charge is -2.17. The smallest absolute Gasteiger partial charge is 0.243 e. The Morgan fingerprint density at radius 1 is 1.60 bits per heavy atom. The van der Waals surface area contributed by atoms with E-state index in [0.717, 1.165) is 0 Å². The van der Waals surface area contributed by atoms with Crippen LogP contribution in [0.1, 0.15) is 13.8 Å². The normalized spacial score (nSPS) is 13.1. The van der Waals surface area contributed by atoms with Gasteiger partial charge in [-0.1, -0.05) is 0 Å². The Labute approximate surface area is 89.0 Å². The quantitative estimate of drug-likeness (QED) is 0.732. The Hall–Kier alpha value is -0.920. The number of sulfonamides is 1. The second-order valence-electron chi connectivity index (χ2n) is 3.99. The average molecular weight is 233 g/mol. The Morgan fingerprint density at radius 3 is 2.60 bits per heavy atom. The summed E-state index contributed by atoms with van der Waals surface area (Å²) in [6.45, 7) is 3.02. The Balaban J connectivity index is 2.77. The molecule has 0 aliphatic heterocycles. The molecule has 0 saturated carbocycles. The summed E-state index contributed by atoms with van der Waals surface area (Å²) in [6, 6.07) is 0. The zero-order chi connectivity index (χ0) is 11.7. The van der Waals surface area contributed by atoms with E-state index in [-0.39, 0.29) is 11.4 Å². The Kier molecular flexibility index (Phi) is 3.17. The molecule has 1 rings (SSSR count). The maximum atomic E-state index is 11.6. The third-order valence-electron chi connectivity index (χ3n) is 1.69. The lowest BCUT2D eigenvalue weighted by Crippen LogP contribution is -2.38. The molecule has 2 N–H and O–H groups in total. The van der Waals surface area contributed by atoms with Gasteiger partial charge in [0, 0.05) is 19.8 Å². The molecular weight excluding hydrogens is 218 g/mol. The molecule has 0 unspecified atom stereocenters. The van der Waals surface area contributed by atoms with Crippen molar-refractivity contribution in [3.8, 4) is 0 Å². The van der Waals surface area contributed by atoms with Crippen molar-refractivity contribution in [2.75, 3.05) is 6.54 Å². The van der Waals surface area contributed by atoms with Gasteiger partial charge in [0.15, 0.2) is 0 Å². The van der Waals surface area contributed by atoms with Gasteiger partial charge >= 0.3 is 0 Å². The summed E-state index contributed by atoms with van der Waals surface area (Å²) >= 11 is 0. The molecule has 86 valence electrons. The van der Waals surface area contributed by atoms with Crippen LogP contribution in [-0.2, 0) is 17.1 Å². The largest absolute Gasteiger partial charge is 0.389 e. The molecule has 0 aliphatic carbocycles. The molecule has 0 bridgehead atoms. The topological polar surface area (TPSA) is 84.2 Å². The lowest BCUT2D eigenvalue weighted by molar-refractivity contribution is 0.0857. The van der Waals surface area contributed by atoms with E-state index in [1.807, 2.05) is 0 Å². The fraction of sp³-hybridized carbons (Fsp3) is 0.625. The van der Waals surface area contributed by atoms with Crippen molar-refractivity contribution >= 4 is 10.0 Å². The first-order chi connectivity index (χ1) is 6.71. The van der Waals surface area contributed by atoms with Gasteiger partial charge in [-0.25, -0.2) is 13.1 Å². The Morgan fingerprint density at radius 2 is 2.20 bits per heavy atom. The van der Waals surface area contributed by atoms with Gasteiger partial charge < -0.3 is 5.11 Å². The molecule has 7 heteroatoms. The van der Waals surface area contributed by atoms with E-state index in [9.17, 15) is 13.5 Å². The molecule has 0 saturated heterocycles. The van der Waals surface area contributed by atoms with Gasteiger partial charge in [0.25, 0.3) is 0 Å². The summed E-state index contributed by atoms with van der Waals surface area (Å²) in [7, 11) is -1.93. The predicted molar refractivity (Wildman–Crippen MR) is 54.7 cm³/mol. The van der Waals surface area contributed by atoms with E-state index in [2.05, 4.69) is 9.82 Å². The maximum Gasteiger partial charge on any atom is 0.243 e. The van der Waals surface area contributed by atoms with Crippen molar-refractivity contribution in [2.24, 2.45) is 7.05 Å². The first-order valence-electron chi connectivity index (χ1n) is 4.41. The summed E-state index contributed by atoms with van der Waals surface area (Å²) in [5.74, 6) is 0. The lowest BCUT2D eigenvalue weighted by atomic mass is 10.1. The van der Waals surface area contributed by atoms with Crippen LogP contribution in [0.3, 0.4) is 0 Å². The van der Waals surface area contributed by atoms with Crippen LogP contribution in [0.25, 0.3) is 0 Å². The summed E-state index contributed by atoms with van der Waals surface area (Å²) in [4.78, 5) is 0.0919. The molecule has 1 aromatic heterocycles.